The summed E-state index contributed by atoms with van der Waals surface area (Å²) in [6, 6.07) is 16.1. The van der Waals surface area contributed by atoms with E-state index in [2.05, 4.69) is 10.3 Å². The van der Waals surface area contributed by atoms with E-state index in [-0.39, 0.29) is 23.3 Å². The number of hydrogen-bond donors (Lipinski definition) is 2. The Morgan fingerprint density at radius 2 is 1.93 bits per heavy atom. The molecule has 30 heavy (non-hydrogen) atoms. The zero-order valence-corrected chi connectivity index (χ0v) is 16.1. The second-order valence-electron chi connectivity index (χ2n) is 6.83. The standard InChI is InChI=1S/C23H18FN3O3/c1-14-6-2-3-7-15(14)13-26-22(29)19-20(28)18-10-5-11-25-21(18)27(23(19)30)17-9-4-8-16(24)12-17/h2-12,28H,13H2,1H3,(H,26,29). The van der Waals surface area contributed by atoms with E-state index in [1.54, 1.807) is 12.1 Å². The van der Waals surface area contributed by atoms with Crippen molar-refractivity contribution in [3.8, 4) is 11.4 Å². The topological polar surface area (TPSA) is 84.2 Å². The first-order valence-electron chi connectivity index (χ1n) is 9.28. The number of aromatic nitrogens is 2. The zero-order chi connectivity index (χ0) is 21.3. The number of rotatable bonds is 4. The highest BCUT2D eigenvalue weighted by Crippen LogP contribution is 2.27. The molecule has 4 rings (SSSR count). The quantitative estimate of drug-likeness (QED) is 0.547. The molecule has 0 aliphatic heterocycles. The predicted molar refractivity (Wildman–Crippen MR) is 111 cm³/mol. The Kier molecular flexibility index (Phi) is 5.02. The number of fused-ring (bicyclic) bond motifs is 1. The minimum atomic E-state index is -0.786. The number of carbonyl (C=O) groups is 1. The Hall–Kier alpha value is -4.00. The third-order valence-electron chi connectivity index (χ3n) is 4.90. The molecule has 2 aromatic carbocycles. The fraction of sp³-hybridized carbons (Fsp3) is 0.0870. The van der Waals surface area contributed by atoms with Crippen LogP contribution in [0.25, 0.3) is 16.7 Å². The third-order valence-corrected chi connectivity index (χ3v) is 4.90. The average Bonchev–Trinajstić information content (AvgIpc) is 2.73. The lowest BCUT2D eigenvalue weighted by Crippen LogP contribution is -2.33. The van der Waals surface area contributed by atoms with Crippen LogP contribution in [0.1, 0.15) is 21.5 Å². The number of amides is 1. The Bertz CT molecular complexity index is 1330. The lowest BCUT2D eigenvalue weighted by Gasteiger charge is -2.14. The number of carbonyl (C=O) groups excluding carboxylic acids is 1. The molecule has 0 atom stereocenters. The van der Waals surface area contributed by atoms with Gasteiger partial charge >= 0.3 is 0 Å². The molecule has 7 heteroatoms. The number of aryl methyl sites for hydroxylation is 1. The minimum Gasteiger partial charge on any atom is -0.506 e. The summed E-state index contributed by atoms with van der Waals surface area (Å²) in [5.41, 5.74) is 0.998. The smallest absolute Gasteiger partial charge is 0.273 e. The summed E-state index contributed by atoms with van der Waals surface area (Å²) < 4.78 is 14.9. The van der Waals surface area contributed by atoms with E-state index >= 15 is 0 Å². The highest BCUT2D eigenvalue weighted by Gasteiger charge is 2.23. The van der Waals surface area contributed by atoms with Crippen molar-refractivity contribution >= 4 is 16.9 Å². The van der Waals surface area contributed by atoms with Crippen molar-refractivity contribution in [3.63, 3.8) is 0 Å². The monoisotopic (exact) mass is 403 g/mol. The van der Waals surface area contributed by atoms with Crippen LogP contribution in [0.3, 0.4) is 0 Å². The molecule has 0 radical (unpaired) electrons. The van der Waals surface area contributed by atoms with E-state index in [4.69, 9.17) is 0 Å². The highest BCUT2D eigenvalue weighted by molar-refractivity contribution is 6.02. The first-order chi connectivity index (χ1) is 14.5. The first kappa shape index (κ1) is 19.3. The molecule has 4 aromatic rings. The molecule has 2 heterocycles. The van der Waals surface area contributed by atoms with Crippen LogP contribution in [0, 0.1) is 12.7 Å². The maximum absolute atomic E-state index is 13.8. The SMILES string of the molecule is Cc1ccccc1CNC(=O)c1c(O)c2cccnc2n(-c2cccc(F)c2)c1=O. The normalized spacial score (nSPS) is 10.9. The molecule has 6 nitrogen and oxygen atoms in total. The number of hydrogen-bond acceptors (Lipinski definition) is 4. The molecule has 0 fully saturated rings. The van der Waals surface area contributed by atoms with Gasteiger partial charge in [-0.05, 0) is 48.4 Å². The summed E-state index contributed by atoms with van der Waals surface area (Å²) in [5, 5.41) is 13.6. The number of nitrogens with zero attached hydrogens (tertiary/aromatic N) is 2. The lowest BCUT2D eigenvalue weighted by molar-refractivity contribution is 0.0946. The molecule has 0 unspecified atom stereocenters. The van der Waals surface area contributed by atoms with Gasteiger partial charge in [0.15, 0.2) is 5.65 Å². The van der Waals surface area contributed by atoms with Gasteiger partial charge in [0.1, 0.15) is 17.1 Å². The van der Waals surface area contributed by atoms with Crippen molar-refractivity contribution in [3.05, 3.63) is 99.7 Å². The average molecular weight is 403 g/mol. The molecule has 2 N–H and O–H groups in total. The Morgan fingerprint density at radius 1 is 1.13 bits per heavy atom. The van der Waals surface area contributed by atoms with E-state index < -0.39 is 28.6 Å². The van der Waals surface area contributed by atoms with Crippen LogP contribution in [0.15, 0.2) is 71.7 Å². The summed E-state index contributed by atoms with van der Waals surface area (Å²) in [6.07, 6.45) is 1.45. The summed E-state index contributed by atoms with van der Waals surface area (Å²) in [4.78, 5) is 30.3. The maximum atomic E-state index is 13.8. The predicted octanol–water partition coefficient (Wildman–Crippen LogP) is 3.47. The van der Waals surface area contributed by atoms with Crippen LogP contribution in [0.2, 0.25) is 0 Å². The van der Waals surface area contributed by atoms with Gasteiger partial charge in [0.2, 0.25) is 0 Å². The molecule has 150 valence electrons. The van der Waals surface area contributed by atoms with Gasteiger partial charge in [-0.25, -0.2) is 9.37 Å². The van der Waals surface area contributed by atoms with Crippen LogP contribution in [-0.4, -0.2) is 20.6 Å². The van der Waals surface area contributed by atoms with Crippen LogP contribution in [-0.2, 0) is 6.54 Å². The van der Waals surface area contributed by atoms with E-state index in [0.717, 1.165) is 15.7 Å². The highest BCUT2D eigenvalue weighted by atomic mass is 19.1. The van der Waals surface area contributed by atoms with Gasteiger partial charge in [0.25, 0.3) is 11.5 Å². The van der Waals surface area contributed by atoms with Gasteiger partial charge in [0, 0.05) is 12.7 Å². The molecule has 0 bridgehead atoms. The second kappa shape index (κ2) is 7.79. The number of benzene rings is 2. The molecule has 0 aliphatic rings. The fourth-order valence-corrected chi connectivity index (χ4v) is 3.34. The van der Waals surface area contributed by atoms with Gasteiger partial charge in [-0.3, -0.25) is 14.2 Å². The van der Waals surface area contributed by atoms with Crippen LogP contribution in [0.5, 0.6) is 5.75 Å². The van der Waals surface area contributed by atoms with Crippen molar-refractivity contribution in [2.75, 3.05) is 0 Å². The van der Waals surface area contributed by atoms with E-state index in [1.165, 1.54) is 30.5 Å². The summed E-state index contributed by atoms with van der Waals surface area (Å²) >= 11 is 0. The van der Waals surface area contributed by atoms with Crippen LogP contribution >= 0.6 is 0 Å². The molecule has 0 spiro atoms. The number of pyridine rings is 2. The molecule has 2 aromatic heterocycles. The Labute approximate surface area is 171 Å². The fourth-order valence-electron chi connectivity index (χ4n) is 3.34. The summed E-state index contributed by atoms with van der Waals surface area (Å²) in [6.45, 7) is 2.10. The summed E-state index contributed by atoms with van der Waals surface area (Å²) in [7, 11) is 0. The van der Waals surface area contributed by atoms with Gasteiger partial charge in [-0.2, -0.15) is 0 Å². The zero-order valence-electron chi connectivity index (χ0n) is 16.1. The van der Waals surface area contributed by atoms with Gasteiger partial charge in [-0.15, -0.1) is 0 Å². The van der Waals surface area contributed by atoms with Crippen molar-refractivity contribution < 1.29 is 14.3 Å². The Morgan fingerprint density at radius 3 is 2.70 bits per heavy atom. The molecular formula is C23H18FN3O3. The molecule has 0 saturated heterocycles. The van der Waals surface area contributed by atoms with Crippen molar-refractivity contribution in [2.45, 2.75) is 13.5 Å². The second-order valence-corrected chi connectivity index (χ2v) is 6.83. The molecular weight excluding hydrogens is 385 g/mol. The number of halogens is 1. The maximum Gasteiger partial charge on any atom is 0.273 e. The third kappa shape index (κ3) is 3.41. The van der Waals surface area contributed by atoms with E-state index in [0.29, 0.717) is 0 Å². The van der Waals surface area contributed by atoms with Crippen molar-refractivity contribution in [2.24, 2.45) is 0 Å². The first-order valence-corrected chi connectivity index (χ1v) is 9.28. The van der Waals surface area contributed by atoms with Crippen LogP contribution < -0.4 is 10.9 Å². The van der Waals surface area contributed by atoms with Gasteiger partial charge in [0.05, 0.1) is 11.1 Å². The van der Waals surface area contributed by atoms with Crippen molar-refractivity contribution in [1.29, 1.82) is 0 Å². The molecule has 0 saturated carbocycles. The largest absolute Gasteiger partial charge is 0.506 e. The minimum absolute atomic E-state index is 0.126. The number of aromatic hydroxyl groups is 1. The number of nitrogens with one attached hydrogen (secondary N) is 1. The lowest BCUT2D eigenvalue weighted by atomic mass is 10.1. The molecule has 1 amide bonds. The van der Waals surface area contributed by atoms with Crippen LogP contribution in [0.4, 0.5) is 4.39 Å². The van der Waals surface area contributed by atoms with Gasteiger partial charge in [-0.1, -0.05) is 30.3 Å². The van der Waals surface area contributed by atoms with Gasteiger partial charge < -0.3 is 10.4 Å². The summed E-state index contributed by atoms with van der Waals surface area (Å²) in [5.74, 6) is -1.73. The van der Waals surface area contributed by atoms with Crippen molar-refractivity contribution in [1.82, 2.24) is 14.9 Å². The Balaban J connectivity index is 1.85. The van der Waals surface area contributed by atoms with E-state index in [1.807, 2.05) is 31.2 Å². The molecule has 0 aliphatic carbocycles. The van der Waals surface area contributed by atoms with E-state index in [9.17, 15) is 19.1 Å².